The van der Waals surface area contributed by atoms with Crippen molar-refractivity contribution in [1.82, 2.24) is 0 Å². The van der Waals surface area contributed by atoms with E-state index in [1.165, 1.54) is 31.9 Å². The zero-order valence-electron chi connectivity index (χ0n) is 6.83. The summed E-state index contributed by atoms with van der Waals surface area (Å²) in [6.07, 6.45) is 2.84. The molecule has 1 saturated carbocycles. The lowest BCUT2D eigenvalue weighted by Crippen LogP contribution is -2.22. The van der Waals surface area contributed by atoms with Crippen LogP contribution in [0.5, 0.6) is 0 Å². The summed E-state index contributed by atoms with van der Waals surface area (Å²) in [4.78, 5) is 0. The molecule has 0 amide bonds. The second-order valence-electron chi connectivity index (χ2n) is 3.50. The Kier molecular flexibility index (Phi) is 1.39. The maximum Gasteiger partial charge on any atom is -0.0137 e. The van der Waals surface area contributed by atoms with Crippen LogP contribution in [0.4, 0.5) is 0 Å². The molecule has 1 aliphatic carbocycles. The minimum absolute atomic E-state index is 0.923. The van der Waals surface area contributed by atoms with Gasteiger partial charge in [0.05, 0.1) is 0 Å². The van der Waals surface area contributed by atoms with Crippen LogP contribution in [0.1, 0.15) is 12.8 Å². The number of hydrogen-bond acceptors (Lipinski definition) is 0. The fraction of sp³-hybridized carbons (Fsp3) is 0.273. The van der Waals surface area contributed by atoms with Gasteiger partial charge >= 0.3 is 0 Å². The van der Waals surface area contributed by atoms with E-state index in [4.69, 9.17) is 0 Å². The Balaban J connectivity index is 2.32. The van der Waals surface area contributed by atoms with Gasteiger partial charge in [-0.3, -0.25) is 0 Å². The second kappa shape index (κ2) is 2.44. The Morgan fingerprint density at radius 1 is 1.17 bits per heavy atom. The van der Waals surface area contributed by atoms with Gasteiger partial charge in [0.1, 0.15) is 0 Å². The van der Waals surface area contributed by atoms with Gasteiger partial charge in [-0.2, -0.15) is 0 Å². The standard InChI is InChI=1S/C11H10P/c1-2-4-10-9(3-1)7-12-11(10)8-5-6-8/h1-4,7-8H,5-6H2. The van der Waals surface area contributed by atoms with Crippen LogP contribution >= 0.6 is 8.58 Å². The zero-order valence-corrected chi connectivity index (χ0v) is 7.72. The second-order valence-corrected chi connectivity index (χ2v) is 4.50. The van der Waals surface area contributed by atoms with Crippen LogP contribution in [0.3, 0.4) is 0 Å². The average molecular weight is 173 g/mol. The van der Waals surface area contributed by atoms with Gasteiger partial charge in [0.25, 0.3) is 0 Å². The van der Waals surface area contributed by atoms with Crippen molar-refractivity contribution in [3.63, 3.8) is 0 Å². The molecule has 0 spiro atoms. The van der Waals surface area contributed by atoms with E-state index >= 15 is 0 Å². The topological polar surface area (TPSA) is 0 Å². The molecular weight excluding hydrogens is 163 g/mol. The summed E-state index contributed by atoms with van der Waals surface area (Å²) in [6.45, 7) is 0. The molecule has 59 valence electrons. The summed E-state index contributed by atoms with van der Waals surface area (Å²) in [5, 5.41) is 4.63. The largest absolute Gasteiger partial charge is 0.0616 e. The Bertz CT molecular complexity index is 427. The van der Waals surface area contributed by atoms with Gasteiger partial charge in [-0.15, -0.1) is 0 Å². The number of hydrogen-bond donors (Lipinski definition) is 0. The molecule has 1 aliphatic heterocycles. The van der Waals surface area contributed by atoms with Gasteiger partial charge in [-0.25, -0.2) is 0 Å². The van der Waals surface area contributed by atoms with Gasteiger partial charge in [-0.1, -0.05) is 24.3 Å². The normalized spacial score (nSPS) is 22.5. The van der Waals surface area contributed by atoms with Crippen molar-refractivity contribution in [2.75, 3.05) is 0 Å². The SMILES string of the molecule is C1=c2ccccc2=C(C2CC2)[P]1. The van der Waals surface area contributed by atoms with Crippen LogP contribution in [0.2, 0.25) is 0 Å². The predicted octanol–water partition coefficient (Wildman–Crippen LogP) is 1.90. The molecule has 0 saturated heterocycles. The molecule has 1 aromatic rings. The summed E-state index contributed by atoms with van der Waals surface area (Å²) in [5.41, 5.74) is 0. The predicted molar refractivity (Wildman–Crippen MR) is 53.2 cm³/mol. The molecule has 0 N–H and O–H groups in total. The molecule has 0 aromatic heterocycles. The van der Waals surface area contributed by atoms with Crippen LogP contribution in [-0.2, 0) is 0 Å². The van der Waals surface area contributed by atoms with Crippen LogP contribution in [0.15, 0.2) is 24.3 Å². The first-order valence-electron chi connectivity index (χ1n) is 4.45. The van der Waals surface area contributed by atoms with E-state index in [-0.39, 0.29) is 0 Å². The van der Waals surface area contributed by atoms with E-state index in [9.17, 15) is 0 Å². The molecule has 0 nitrogen and oxygen atoms in total. The Morgan fingerprint density at radius 3 is 2.83 bits per heavy atom. The van der Waals surface area contributed by atoms with Gasteiger partial charge in [-0.05, 0) is 48.9 Å². The van der Waals surface area contributed by atoms with Crippen molar-refractivity contribution in [3.8, 4) is 0 Å². The molecule has 12 heavy (non-hydrogen) atoms. The molecule has 2 aliphatic rings. The van der Waals surface area contributed by atoms with Crippen molar-refractivity contribution in [2.45, 2.75) is 12.8 Å². The van der Waals surface area contributed by atoms with Gasteiger partial charge in [0, 0.05) is 0 Å². The summed E-state index contributed by atoms with van der Waals surface area (Å²) in [5.74, 6) is 3.26. The molecule has 0 atom stereocenters. The highest BCUT2D eigenvalue weighted by Gasteiger charge is 2.27. The highest BCUT2D eigenvalue weighted by molar-refractivity contribution is 7.58. The molecule has 0 unspecified atom stereocenters. The molecular formula is C11H10P. The summed E-state index contributed by atoms with van der Waals surface area (Å²) in [7, 11) is 1.45. The van der Waals surface area contributed by atoms with E-state index in [1.54, 1.807) is 5.31 Å². The summed E-state index contributed by atoms with van der Waals surface area (Å²) in [6, 6.07) is 8.76. The Hall–Kier alpha value is -0.610. The Labute approximate surface area is 73.8 Å². The van der Waals surface area contributed by atoms with Gasteiger partial charge in [0.2, 0.25) is 0 Å². The van der Waals surface area contributed by atoms with Crippen molar-refractivity contribution >= 4 is 19.7 Å². The monoisotopic (exact) mass is 173 g/mol. The molecule has 0 bridgehead atoms. The summed E-state index contributed by atoms with van der Waals surface area (Å²) >= 11 is 0. The van der Waals surface area contributed by atoms with Crippen molar-refractivity contribution in [3.05, 3.63) is 34.7 Å². The van der Waals surface area contributed by atoms with E-state index in [1.807, 2.05) is 0 Å². The van der Waals surface area contributed by atoms with Crippen LogP contribution in [0.25, 0.3) is 11.1 Å². The summed E-state index contributed by atoms with van der Waals surface area (Å²) < 4.78 is 0. The third-order valence-electron chi connectivity index (χ3n) is 2.54. The third kappa shape index (κ3) is 0.949. The lowest BCUT2D eigenvalue weighted by molar-refractivity contribution is 1.18. The molecule has 1 radical (unpaired) electrons. The fourth-order valence-corrected chi connectivity index (χ4v) is 3.05. The lowest BCUT2D eigenvalue weighted by Gasteiger charge is -1.94. The van der Waals surface area contributed by atoms with Gasteiger partial charge < -0.3 is 0 Å². The van der Waals surface area contributed by atoms with Crippen LogP contribution < -0.4 is 10.4 Å². The fourth-order valence-electron chi connectivity index (χ4n) is 1.73. The van der Waals surface area contributed by atoms with E-state index in [2.05, 4.69) is 30.1 Å². The van der Waals surface area contributed by atoms with Crippen LogP contribution in [0, 0.1) is 5.92 Å². The molecule has 1 heteroatoms. The zero-order chi connectivity index (χ0) is 7.97. The highest BCUT2D eigenvalue weighted by atomic mass is 31.1. The number of fused-ring (bicyclic) bond motifs is 1. The molecule has 1 aromatic carbocycles. The molecule has 3 rings (SSSR count). The molecule has 1 heterocycles. The first-order valence-corrected chi connectivity index (χ1v) is 5.42. The van der Waals surface area contributed by atoms with Crippen molar-refractivity contribution in [1.29, 1.82) is 0 Å². The van der Waals surface area contributed by atoms with Crippen molar-refractivity contribution < 1.29 is 0 Å². The van der Waals surface area contributed by atoms with E-state index in [0.717, 1.165) is 5.92 Å². The molecule has 1 fully saturated rings. The Morgan fingerprint density at radius 2 is 2.00 bits per heavy atom. The van der Waals surface area contributed by atoms with E-state index < -0.39 is 0 Å². The minimum atomic E-state index is 0.923. The van der Waals surface area contributed by atoms with Crippen molar-refractivity contribution in [2.24, 2.45) is 5.92 Å². The number of rotatable bonds is 1. The lowest BCUT2D eigenvalue weighted by atomic mass is 10.2. The first-order chi connectivity index (χ1) is 5.95. The van der Waals surface area contributed by atoms with Gasteiger partial charge in [0.15, 0.2) is 0 Å². The number of benzene rings is 1. The first kappa shape index (κ1) is 6.86. The highest BCUT2D eigenvalue weighted by Crippen LogP contribution is 2.47. The minimum Gasteiger partial charge on any atom is -0.0616 e. The quantitative estimate of drug-likeness (QED) is 0.569. The average Bonchev–Trinajstić information content (AvgIpc) is 2.86. The maximum atomic E-state index is 2.34. The van der Waals surface area contributed by atoms with E-state index in [0.29, 0.717) is 0 Å². The maximum absolute atomic E-state index is 2.34. The third-order valence-corrected chi connectivity index (χ3v) is 3.84. The van der Waals surface area contributed by atoms with Crippen LogP contribution in [-0.4, -0.2) is 0 Å². The smallest absolute Gasteiger partial charge is 0.0137 e.